The molecule has 1 aromatic heterocycles. The number of carbonyl (C=O) groups excluding carboxylic acids is 2. The predicted octanol–water partition coefficient (Wildman–Crippen LogP) is 4.81. The minimum absolute atomic E-state index is 0.270. The average molecular weight is 331 g/mol. The van der Waals surface area contributed by atoms with Gasteiger partial charge >= 0.3 is 6.09 Å². The Balaban J connectivity index is 2.15. The zero-order valence-corrected chi connectivity index (χ0v) is 14.4. The number of aldehydes is 1. The highest BCUT2D eigenvalue weighted by Gasteiger charge is 2.22. The van der Waals surface area contributed by atoms with E-state index in [2.05, 4.69) is 6.92 Å². The van der Waals surface area contributed by atoms with E-state index in [1.54, 1.807) is 12.1 Å². The van der Waals surface area contributed by atoms with Crippen LogP contribution in [-0.2, 0) is 4.74 Å². The maximum absolute atomic E-state index is 12.1. The van der Waals surface area contributed by atoms with Crippen LogP contribution < -0.4 is 4.74 Å². The number of methoxy groups -OCH3 is 1. The van der Waals surface area contributed by atoms with E-state index in [9.17, 15) is 9.59 Å². The molecule has 24 heavy (non-hydrogen) atoms. The molecule has 1 aromatic carbocycles. The molecule has 0 atom stereocenters. The van der Waals surface area contributed by atoms with Gasteiger partial charge in [0.2, 0.25) is 5.88 Å². The number of aromatic nitrogens is 1. The number of fused-ring (bicyclic) bond motifs is 1. The normalized spacial score (nSPS) is 10.8. The summed E-state index contributed by atoms with van der Waals surface area (Å²) in [6.45, 7) is 2.66. The zero-order chi connectivity index (χ0) is 17.4. The van der Waals surface area contributed by atoms with E-state index in [0.717, 1.165) is 19.1 Å². The van der Waals surface area contributed by atoms with Gasteiger partial charge in [-0.1, -0.05) is 57.2 Å². The second-order valence-electron chi connectivity index (χ2n) is 5.78. The first kappa shape index (κ1) is 18.0. The Bertz CT molecular complexity index is 690. The first-order valence-corrected chi connectivity index (χ1v) is 8.54. The lowest BCUT2D eigenvalue weighted by molar-refractivity contribution is 0.112. The SMILES string of the molecule is CCCCCCCCOc1c(C=O)c2ccccc2n1C(=O)OC. The van der Waals surface area contributed by atoms with Gasteiger partial charge in [-0.3, -0.25) is 4.79 Å². The van der Waals surface area contributed by atoms with Crippen molar-refractivity contribution >= 4 is 23.3 Å². The van der Waals surface area contributed by atoms with Crippen molar-refractivity contribution in [3.05, 3.63) is 29.8 Å². The van der Waals surface area contributed by atoms with Crippen LogP contribution >= 0.6 is 0 Å². The van der Waals surface area contributed by atoms with Crippen molar-refractivity contribution in [2.45, 2.75) is 45.4 Å². The minimum Gasteiger partial charge on any atom is -0.478 e. The first-order valence-electron chi connectivity index (χ1n) is 8.54. The van der Waals surface area contributed by atoms with Gasteiger partial charge < -0.3 is 9.47 Å². The lowest BCUT2D eigenvalue weighted by Gasteiger charge is -2.10. The second-order valence-corrected chi connectivity index (χ2v) is 5.78. The number of nitrogens with zero attached hydrogens (tertiary/aromatic N) is 1. The third-order valence-corrected chi connectivity index (χ3v) is 4.08. The standard InChI is InChI=1S/C19H25NO4/c1-3-4-5-6-7-10-13-24-18-16(14-21)15-11-8-9-12-17(15)20(18)19(22)23-2/h8-9,11-12,14H,3-7,10,13H2,1-2H3. The van der Waals surface area contributed by atoms with Crippen molar-refractivity contribution in [1.82, 2.24) is 4.57 Å². The third kappa shape index (κ3) is 3.96. The summed E-state index contributed by atoms with van der Waals surface area (Å²) in [5, 5.41) is 0.691. The largest absolute Gasteiger partial charge is 0.478 e. The molecule has 0 fully saturated rings. The molecule has 0 aliphatic heterocycles. The lowest BCUT2D eigenvalue weighted by Crippen LogP contribution is -2.14. The van der Waals surface area contributed by atoms with E-state index >= 15 is 0 Å². The van der Waals surface area contributed by atoms with Crippen molar-refractivity contribution in [2.24, 2.45) is 0 Å². The number of rotatable bonds is 9. The van der Waals surface area contributed by atoms with Crippen molar-refractivity contribution in [3.63, 3.8) is 0 Å². The molecule has 0 radical (unpaired) electrons. The Morgan fingerprint density at radius 2 is 1.83 bits per heavy atom. The van der Waals surface area contributed by atoms with E-state index < -0.39 is 6.09 Å². The van der Waals surface area contributed by atoms with Crippen molar-refractivity contribution in [1.29, 1.82) is 0 Å². The molecule has 130 valence electrons. The van der Waals surface area contributed by atoms with Crippen LogP contribution in [0.5, 0.6) is 5.88 Å². The summed E-state index contributed by atoms with van der Waals surface area (Å²) in [5.41, 5.74) is 1.01. The number of benzene rings is 1. The molecule has 0 bridgehead atoms. The fourth-order valence-corrected chi connectivity index (χ4v) is 2.82. The lowest BCUT2D eigenvalue weighted by atomic mass is 10.1. The van der Waals surface area contributed by atoms with Gasteiger partial charge in [-0.15, -0.1) is 0 Å². The first-order chi connectivity index (χ1) is 11.7. The fraction of sp³-hybridized carbons (Fsp3) is 0.474. The van der Waals surface area contributed by atoms with E-state index in [1.807, 2.05) is 12.1 Å². The summed E-state index contributed by atoms with van der Waals surface area (Å²) in [5.74, 6) is 0.270. The Labute approximate surface area is 142 Å². The monoisotopic (exact) mass is 331 g/mol. The summed E-state index contributed by atoms with van der Waals surface area (Å²) in [6.07, 6.45) is 7.04. The number of carbonyl (C=O) groups is 2. The number of hydrogen-bond acceptors (Lipinski definition) is 4. The van der Waals surface area contributed by atoms with E-state index in [4.69, 9.17) is 9.47 Å². The highest BCUT2D eigenvalue weighted by atomic mass is 16.5. The summed E-state index contributed by atoms with van der Waals surface area (Å²) in [4.78, 5) is 23.7. The maximum Gasteiger partial charge on any atom is 0.421 e. The van der Waals surface area contributed by atoms with Crippen LogP contribution in [-0.4, -0.2) is 30.7 Å². The van der Waals surface area contributed by atoms with Gasteiger partial charge in [0.05, 0.1) is 24.8 Å². The molecule has 5 heteroatoms. The fourth-order valence-electron chi connectivity index (χ4n) is 2.82. The van der Waals surface area contributed by atoms with Gasteiger partial charge in [0.1, 0.15) is 0 Å². The van der Waals surface area contributed by atoms with Crippen molar-refractivity contribution in [2.75, 3.05) is 13.7 Å². The van der Waals surface area contributed by atoms with Gasteiger partial charge in [0, 0.05) is 5.39 Å². The molecule has 0 amide bonds. The maximum atomic E-state index is 12.1. The van der Waals surface area contributed by atoms with E-state index in [1.165, 1.54) is 37.4 Å². The van der Waals surface area contributed by atoms with Gasteiger partial charge in [0.25, 0.3) is 0 Å². The van der Waals surface area contributed by atoms with Crippen LogP contribution in [0.1, 0.15) is 55.8 Å². The predicted molar refractivity (Wildman–Crippen MR) is 94.0 cm³/mol. The molecule has 0 N–H and O–H groups in total. The quantitative estimate of drug-likeness (QED) is 0.489. The van der Waals surface area contributed by atoms with Crippen LogP contribution in [0, 0.1) is 0 Å². The van der Waals surface area contributed by atoms with Crippen LogP contribution in [0.15, 0.2) is 24.3 Å². The minimum atomic E-state index is -0.558. The van der Waals surface area contributed by atoms with Crippen LogP contribution in [0.25, 0.3) is 10.9 Å². The van der Waals surface area contributed by atoms with E-state index in [0.29, 0.717) is 23.1 Å². The molecular formula is C19H25NO4. The van der Waals surface area contributed by atoms with Gasteiger partial charge in [0.15, 0.2) is 6.29 Å². The van der Waals surface area contributed by atoms with Crippen molar-refractivity contribution in [3.8, 4) is 5.88 Å². The third-order valence-electron chi connectivity index (χ3n) is 4.08. The molecule has 0 aliphatic rings. The number of hydrogen-bond donors (Lipinski definition) is 0. The molecule has 5 nitrogen and oxygen atoms in total. The molecule has 0 unspecified atom stereocenters. The number of para-hydroxylation sites is 1. The molecule has 0 saturated heterocycles. The van der Waals surface area contributed by atoms with Gasteiger partial charge in [-0.05, 0) is 12.5 Å². The molecule has 0 spiro atoms. The molecule has 1 heterocycles. The molecule has 2 rings (SSSR count). The average Bonchev–Trinajstić information content (AvgIpc) is 2.93. The van der Waals surface area contributed by atoms with Crippen LogP contribution in [0.4, 0.5) is 4.79 Å². The Kier molecular flexibility index (Phi) is 6.85. The number of ether oxygens (including phenoxy) is 2. The van der Waals surface area contributed by atoms with E-state index in [-0.39, 0.29) is 5.88 Å². The van der Waals surface area contributed by atoms with Crippen molar-refractivity contribution < 1.29 is 19.1 Å². The smallest absolute Gasteiger partial charge is 0.421 e. The highest BCUT2D eigenvalue weighted by molar-refractivity contribution is 6.04. The topological polar surface area (TPSA) is 57.5 Å². The number of unbranched alkanes of at least 4 members (excludes halogenated alkanes) is 5. The van der Waals surface area contributed by atoms with Gasteiger partial charge in [-0.2, -0.15) is 0 Å². The molecule has 0 saturated carbocycles. The van der Waals surface area contributed by atoms with Crippen LogP contribution in [0.3, 0.4) is 0 Å². The van der Waals surface area contributed by atoms with Crippen LogP contribution in [0.2, 0.25) is 0 Å². The zero-order valence-electron chi connectivity index (χ0n) is 14.4. The summed E-state index contributed by atoms with van der Waals surface area (Å²) >= 11 is 0. The summed E-state index contributed by atoms with van der Waals surface area (Å²) in [7, 11) is 1.31. The Hall–Kier alpha value is -2.30. The summed E-state index contributed by atoms with van der Waals surface area (Å²) in [6, 6.07) is 7.22. The molecule has 0 aliphatic carbocycles. The molecule has 2 aromatic rings. The second kappa shape index (κ2) is 9.11. The summed E-state index contributed by atoms with van der Waals surface area (Å²) < 4.78 is 12.0. The Morgan fingerprint density at radius 1 is 1.12 bits per heavy atom. The Morgan fingerprint density at radius 3 is 2.54 bits per heavy atom. The molecular weight excluding hydrogens is 306 g/mol. The van der Waals surface area contributed by atoms with Gasteiger partial charge in [-0.25, -0.2) is 9.36 Å². The highest BCUT2D eigenvalue weighted by Crippen LogP contribution is 2.31.